The van der Waals surface area contributed by atoms with Crippen molar-refractivity contribution in [3.05, 3.63) is 66.4 Å². The number of morpholine rings is 1. The molecular weight excluding hydrogens is 450 g/mol. The molecule has 0 N–H and O–H groups in total. The zero-order valence-electron chi connectivity index (χ0n) is 18.8. The van der Waals surface area contributed by atoms with E-state index in [-0.39, 0.29) is 18.1 Å². The first-order valence-electron chi connectivity index (χ1n) is 11.4. The van der Waals surface area contributed by atoms with Crippen molar-refractivity contribution in [2.24, 2.45) is 0 Å². The van der Waals surface area contributed by atoms with E-state index in [1.165, 1.54) is 11.0 Å². The molecule has 35 heavy (non-hydrogen) atoms. The number of hydrogen-bond donors (Lipinski definition) is 0. The highest BCUT2D eigenvalue weighted by Gasteiger charge is 2.35. The van der Waals surface area contributed by atoms with Gasteiger partial charge in [-0.15, -0.1) is 10.2 Å². The molecule has 2 fully saturated rings. The van der Waals surface area contributed by atoms with Crippen LogP contribution in [0.3, 0.4) is 0 Å². The summed E-state index contributed by atoms with van der Waals surface area (Å²) < 4.78 is 9.34. The molecule has 5 heterocycles. The average Bonchev–Trinajstić information content (AvgIpc) is 3.64. The van der Waals surface area contributed by atoms with Crippen LogP contribution >= 0.6 is 0 Å². The van der Waals surface area contributed by atoms with Gasteiger partial charge in [-0.1, -0.05) is 18.2 Å². The van der Waals surface area contributed by atoms with Crippen molar-refractivity contribution in [2.75, 3.05) is 32.8 Å². The molecule has 0 bridgehead atoms. The Morgan fingerprint density at radius 1 is 1.00 bits per heavy atom. The Labute approximate surface area is 200 Å². The molecule has 4 aromatic rings. The molecule has 0 spiro atoms. The highest BCUT2D eigenvalue weighted by molar-refractivity contribution is 5.78. The van der Waals surface area contributed by atoms with Crippen LogP contribution in [0, 0.1) is 0 Å². The molecule has 2 unspecified atom stereocenters. The summed E-state index contributed by atoms with van der Waals surface area (Å²) >= 11 is 0. The Morgan fingerprint density at radius 3 is 2.63 bits per heavy atom. The maximum absolute atomic E-state index is 13.0. The number of carbonyl (C=O) groups excluding carboxylic acids is 1. The molecule has 2 aliphatic rings. The summed E-state index contributed by atoms with van der Waals surface area (Å²) in [7, 11) is 0. The van der Waals surface area contributed by atoms with Crippen LogP contribution in [0.2, 0.25) is 0 Å². The normalized spacial score (nSPS) is 20.5. The number of carbonyl (C=O) groups is 1. The predicted octanol–water partition coefficient (Wildman–Crippen LogP) is -0.140. The average molecular weight is 474 g/mol. The number of benzene rings is 1. The number of amides is 1. The van der Waals surface area contributed by atoms with Gasteiger partial charge in [0, 0.05) is 32.4 Å². The number of aromatic nitrogens is 9. The van der Waals surface area contributed by atoms with Gasteiger partial charge in [0.2, 0.25) is 5.91 Å². The summed E-state index contributed by atoms with van der Waals surface area (Å²) in [6.07, 6.45) is 5.03. The molecule has 3 aromatic heterocycles. The standard InChI is InChI=1S/C22H23N11O2/c34-22(8-16-4-5-21(23-10-16)33-15-25-27-29-33)31-7-6-30-12-20(35-13-19(30)11-31)17-2-1-3-18(9-17)32-14-24-26-28-32/h1-5,9-10,14-15,19-20H,6-8,11-13H2. The van der Waals surface area contributed by atoms with Gasteiger partial charge in [-0.25, -0.2) is 9.67 Å². The molecular formula is C22H23N11O2. The van der Waals surface area contributed by atoms with Gasteiger partial charge in [0.25, 0.3) is 0 Å². The SMILES string of the molecule is O=C(Cc1ccc(-n2cnnn2)nc1)N1CCN2CC(c3cccc(-n4cnnn4)c3)OCC2C1. The highest BCUT2D eigenvalue weighted by atomic mass is 16.5. The maximum Gasteiger partial charge on any atom is 0.227 e. The van der Waals surface area contributed by atoms with E-state index in [0.29, 0.717) is 31.9 Å². The Bertz CT molecular complexity index is 1280. The van der Waals surface area contributed by atoms with E-state index >= 15 is 0 Å². The minimum atomic E-state index is -0.0327. The van der Waals surface area contributed by atoms with Crippen molar-refractivity contribution in [3.8, 4) is 11.5 Å². The predicted molar refractivity (Wildman–Crippen MR) is 120 cm³/mol. The summed E-state index contributed by atoms with van der Waals surface area (Å²) in [5, 5.41) is 22.4. The zero-order valence-corrected chi connectivity index (χ0v) is 18.8. The quantitative estimate of drug-likeness (QED) is 0.386. The first kappa shape index (κ1) is 21.4. The van der Waals surface area contributed by atoms with Gasteiger partial charge in [-0.3, -0.25) is 9.69 Å². The van der Waals surface area contributed by atoms with E-state index in [9.17, 15) is 4.79 Å². The number of ether oxygens (including phenoxy) is 1. The fraction of sp³-hybridized carbons (Fsp3) is 0.364. The lowest BCUT2D eigenvalue weighted by Gasteiger charge is -2.46. The van der Waals surface area contributed by atoms with Crippen LogP contribution in [0.25, 0.3) is 11.5 Å². The molecule has 13 nitrogen and oxygen atoms in total. The summed E-state index contributed by atoms with van der Waals surface area (Å²) in [6, 6.07) is 12.0. The van der Waals surface area contributed by atoms with E-state index in [2.05, 4.69) is 53.1 Å². The third-order valence-electron chi connectivity index (χ3n) is 6.45. The molecule has 0 saturated carbocycles. The zero-order chi connectivity index (χ0) is 23.6. The minimum absolute atomic E-state index is 0.0327. The van der Waals surface area contributed by atoms with Crippen LogP contribution < -0.4 is 0 Å². The number of rotatable bonds is 5. The second-order valence-corrected chi connectivity index (χ2v) is 8.62. The number of pyridine rings is 1. The van der Waals surface area contributed by atoms with E-state index in [1.807, 2.05) is 23.1 Å². The Hall–Kier alpha value is -4.10. The Morgan fingerprint density at radius 2 is 1.86 bits per heavy atom. The Balaban J connectivity index is 1.05. The van der Waals surface area contributed by atoms with Crippen LogP contribution in [0.1, 0.15) is 17.2 Å². The molecule has 13 heteroatoms. The smallest absolute Gasteiger partial charge is 0.227 e. The molecule has 1 amide bonds. The lowest BCUT2D eigenvalue weighted by atomic mass is 10.0. The first-order valence-corrected chi connectivity index (χ1v) is 11.4. The van der Waals surface area contributed by atoms with Crippen LogP contribution in [0.5, 0.6) is 0 Å². The topological polar surface area (TPSA) is 133 Å². The minimum Gasteiger partial charge on any atom is -0.370 e. The van der Waals surface area contributed by atoms with E-state index in [0.717, 1.165) is 29.9 Å². The van der Waals surface area contributed by atoms with Crippen LogP contribution in [-0.2, 0) is 16.0 Å². The molecule has 6 rings (SSSR count). The van der Waals surface area contributed by atoms with Gasteiger partial charge in [0.15, 0.2) is 5.82 Å². The number of hydrogen-bond acceptors (Lipinski definition) is 10. The number of piperazine rings is 1. The largest absolute Gasteiger partial charge is 0.370 e. The van der Waals surface area contributed by atoms with Gasteiger partial charge in [0.05, 0.1) is 30.9 Å². The number of tetrazole rings is 2. The third-order valence-corrected chi connectivity index (χ3v) is 6.45. The van der Waals surface area contributed by atoms with Crippen molar-refractivity contribution < 1.29 is 9.53 Å². The van der Waals surface area contributed by atoms with Gasteiger partial charge in [-0.2, -0.15) is 4.68 Å². The number of nitrogens with zero attached hydrogens (tertiary/aromatic N) is 11. The lowest BCUT2D eigenvalue weighted by molar-refractivity contribution is -0.139. The first-order chi connectivity index (χ1) is 17.2. The van der Waals surface area contributed by atoms with Crippen molar-refractivity contribution in [3.63, 3.8) is 0 Å². The van der Waals surface area contributed by atoms with Crippen LogP contribution in [-0.4, -0.2) is 99.9 Å². The second-order valence-electron chi connectivity index (χ2n) is 8.62. The molecule has 0 aliphatic carbocycles. The van der Waals surface area contributed by atoms with Gasteiger partial charge >= 0.3 is 0 Å². The summed E-state index contributed by atoms with van der Waals surface area (Å²) in [5.74, 6) is 0.704. The molecule has 2 atom stereocenters. The lowest BCUT2D eigenvalue weighted by Crippen LogP contribution is -2.59. The van der Waals surface area contributed by atoms with Crippen molar-refractivity contribution in [2.45, 2.75) is 18.6 Å². The van der Waals surface area contributed by atoms with Crippen LogP contribution in [0.15, 0.2) is 55.2 Å². The summed E-state index contributed by atoms with van der Waals surface area (Å²) in [4.78, 5) is 21.7. The van der Waals surface area contributed by atoms with E-state index in [4.69, 9.17) is 4.74 Å². The molecule has 2 aliphatic heterocycles. The fourth-order valence-corrected chi connectivity index (χ4v) is 4.57. The van der Waals surface area contributed by atoms with Gasteiger partial charge in [0.1, 0.15) is 12.7 Å². The third kappa shape index (κ3) is 4.50. The second kappa shape index (κ2) is 9.27. The summed E-state index contributed by atoms with van der Waals surface area (Å²) in [5.41, 5.74) is 2.85. The maximum atomic E-state index is 13.0. The van der Waals surface area contributed by atoms with Crippen LogP contribution in [0.4, 0.5) is 0 Å². The molecule has 178 valence electrons. The summed E-state index contributed by atoms with van der Waals surface area (Å²) in [6.45, 7) is 3.54. The van der Waals surface area contributed by atoms with E-state index < -0.39 is 0 Å². The molecule has 1 aromatic carbocycles. The fourth-order valence-electron chi connectivity index (χ4n) is 4.57. The Kier molecular flexibility index (Phi) is 5.68. The molecule has 0 radical (unpaired) electrons. The molecule has 2 saturated heterocycles. The van der Waals surface area contributed by atoms with Crippen molar-refractivity contribution in [1.29, 1.82) is 0 Å². The van der Waals surface area contributed by atoms with Gasteiger partial charge < -0.3 is 9.64 Å². The number of fused-ring (bicyclic) bond motifs is 1. The van der Waals surface area contributed by atoms with E-state index in [1.54, 1.807) is 23.3 Å². The van der Waals surface area contributed by atoms with Crippen molar-refractivity contribution >= 4 is 5.91 Å². The monoisotopic (exact) mass is 473 g/mol. The van der Waals surface area contributed by atoms with Gasteiger partial charge in [-0.05, 0) is 50.2 Å². The van der Waals surface area contributed by atoms with Crippen molar-refractivity contribution in [1.82, 2.24) is 55.2 Å². The highest BCUT2D eigenvalue weighted by Crippen LogP contribution is 2.28.